The van der Waals surface area contributed by atoms with Crippen LogP contribution in [0.25, 0.3) is 6.08 Å². The lowest BCUT2D eigenvalue weighted by atomic mass is 10.2. The van der Waals surface area contributed by atoms with E-state index in [1.54, 1.807) is 30.3 Å². The van der Waals surface area contributed by atoms with Crippen molar-refractivity contribution in [3.63, 3.8) is 0 Å². The molecule has 0 fully saturated rings. The molecule has 0 aliphatic rings. The fourth-order valence-electron chi connectivity index (χ4n) is 2.19. The first-order valence-corrected chi connectivity index (χ1v) is 9.80. The average Bonchev–Trinajstić information content (AvgIpc) is 2.62. The van der Waals surface area contributed by atoms with E-state index in [-0.39, 0.29) is 4.90 Å². The van der Waals surface area contributed by atoms with Gasteiger partial charge in [-0.1, -0.05) is 67.3 Å². The second kappa shape index (κ2) is 9.10. The van der Waals surface area contributed by atoms with E-state index in [9.17, 15) is 8.42 Å². The molecule has 4 heteroatoms. The molecule has 2 rings (SSSR count). The van der Waals surface area contributed by atoms with Gasteiger partial charge in [0, 0.05) is 12.6 Å². The highest BCUT2D eigenvalue weighted by molar-refractivity contribution is 7.89. The van der Waals surface area contributed by atoms with Crippen molar-refractivity contribution < 1.29 is 8.42 Å². The molecule has 0 N–H and O–H groups in total. The Hall–Kier alpha value is -2.51. The molecule has 0 heterocycles. The second-order valence-electron chi connectivity index (χ2n) is 5.74. The van der Waals surface area contributed by atoms with Crippen molar-refractivity contribution in [1.29, 1.82) is 0 Å². The lowest BCUT2D eigenvalue weighted by Crippen LogP contribution is -2.27. The maximum Gasteiger partial charge on any atom is 0.270 e. The van der Waals surface area contributed by atoms with Crippen LogP contribution in [0.5, 0.6) is 0 Å². The summed E-state index contributed by atoms with van der Waals surface area (Å²) in [6, 6.07) is 19.4. The van der Waals surface area contributed by atoms with Crippen LogP contribution in [-0.4, -0.2) is 19.3 Å². The number of nitrogens with zero attached hydrogens (tertiary/aromatic N) is 1. The van der Waals surface area contributed by atoms with Gasteiger partial charge in [-0.15, -0.1) is 0 Å². The number of hydrogen-bond acceptors (Lipinski definition) is 2. The van der Waals surface area contributed by atoms with Crippen LogP contribution in [0.1, 0.15) is 30.9 Å². The van der Waals surface area contributed by atoms with Gasteiger partial charge >= 0.3 is 0 Å². The Kier molecular flexibility index (Phi) is 6.85. The highest BCUT2D eigenvalue weighted by atomic mass is 32.2. The predicted molar refractivity (Wildman–Crippen MR) is 103 cm³/mol. The van der Waals surface area contributed by atoms with E-state index in [0.717, 1.165) is 24.0 Å². The van der Waals surface area contributed by atoms with Gasteiger partial charge in [-0.2, -0.15) is 0 Å². The molecule has 0 atom stereocenters. The van der Waals surface area contributed by atoms with Gasteiger partial charge in [0.1, 0.15) is 0 Å². The van der Waals surface area contributed by atoms with Gasteiger partial charge in [-0.3, -0.25) is 0 Å². The third-order valence-corrected chi connectivity index (χ3v) is 5.39. The molecule has 130 valence electrons. The van der Waals surface area contributed by atoms with Crippen molar-refractivity contribution in [3.05, 3.63) is 71.8 Å². The highest BCUT2D eigenvalue weighted by Crippen LogP contribution is 2.16. The van der Waals surface area contributed by atoms with Crippen LogP contribution < -0.4 is 0 Å². The average molecular weight is 353 g/mol. The van der Waals surface area contributed by atoms with Crippen LogP contribution in [0.2, 0.25) is 0 Å². The summed E-state index contributed by atoms with van der Waals surface area (Å²) in [6.45, 7) is 4.34. The third-order valence-electron chi connectivity index (χ3n) is 3.67. The first-order valence-electron chi connectivity index (χ1n) is 8.36. The molecule has 3 nitrogen and oxygen atoms in total. The first-order chi connectivity index (χ1) is 12.0. The molecule has 2 aromatic carbocycles. The molecule has 25 heavy (non-hydrogen) atoms. The minimum absolute atomic E-state index is 0.274. The SMILES string of the molecule is CCCCN(C#C/C=C/c1ccccc1)S(=O)(=O)c1ccc(C)cc1. The van der Waals surface area contributed by atoms with Gasteiger partial charge < -0.3 is 0 Å². The van der Waals surface area contributed by atoms with E-state index in [0.29, 0.717) is 6.54 Å². The predicted octanol–water partition coefficient (Wildman–Crippen LogP) is 4.46. The van der Waals surface area contributed by atoms with Gasteiger partial charge in [0.25, 0.3) is 10.0 Å². The Balaban J connectivity index is 2.22. The summed E-state index contributed by atoms with van der Waals surface area (Å²) in [4.78, 5) is 0.274. The molecular weight excluding hydrogens is 330 g/mol. The molecular formula is C21H23NO2S. The summed E-state index contributed by atoms with van der Waals surface area (Å²) in [6.07, 6.45) is 5.21. The van der Waals surface area contributed by atoms with Crippen molar-refractivity contribution in [1.82, 2.24) is 4.31 Å². The van der Waals surface area contributed by atoms with Crippen LogP contribution in [0.3, 0.4) is 0 Å². The molecule has 0 saturated heterocycles. The van der Waals surface area contributed by atoms with E-state index in [1.807, 2.05) is 50.3 Å². The van der Waals surface area contributed by atoms with E-state index in [2.05, 4.69) is 12.0 Å². The van der Waals surface area contributed by atoms with Gasteiger partial charge in [0.05, 0.1) is 4.90 Å². The number of benzene rings is 2. The highest BCUT2D eigenvalue weighted by Gasteiger charge is 2.21. The zero-order chi connectivity index (χ0) is 18.1. The summed E-state index contributed by atoms with van der Waals surface area (Å²) in [5.74, 6) is 2.85. The molecule has 0 saturated carbocycles. The van der Waals surface area contributed by atoms with Crippen LogP contribution in [0.4, 0.5) is 0 Å². The zero-order valence-corrected chi connectivity index (χ0v) is 15.5. The number of allylic oxidation sites excluding steroid dienone is 1. The Bertz CT molecular complexity index is 858. The number of hydrogen-bond donors (Lipinski definition) is 0. The Labute approximate surface area is 151 Å². The molecule has 0 unspecified atom stereocenters. The minimum atomic E-state index is -3.61. The van der Waals surface area contributed by atoms with E-state index >= 15 is 0 Å². The lowest BCUT2D eigenvalue weighted by Gasteiger charge is -2.17. The normalized spacial score (nSPS) is 11.1. The van der Waals surface area contributed by atoms with Crippen molar-refractivity contribution in [3.8, 4) is 12.0 Å². The standard InChI is InChI=1S/C21H23NO2S/c1-3-4-17-22(18-9-8-12-20-10-6-5-7-11-20)25(23,24)21-15-13-19(2)14-16-21/h5-8,10-16H,3-4,17H2,1-2H3/b12-8+. The monoisotopic (exact) mass is 353 g/mol. The van der Waals surface area contributed by atoms with E-state index < -0.39 is 10.0 Å². The summed E-state index contributed by atoms with van der Waals surface area (Å²) < 4.78 is 26.9. The quantitative estimate of drug-likeness (QED) is 0.568. The molecule has 0 spiro atoms. The molecule has 0 bridgehead atoms. The molecule has 0 aliphatic carbocycles. The van der Waals surface area contributed by atoms with E-state index in [1.165, 1.54) is 4.31 Å². The number of rotatable bonds is 6. The van der Waals surface area contributed by atoms with E-state index in [4.69, 9.17) is 0 Å². The molecule has 2 aromatic rings. The Morgan fingerprint density at radius 2 is 1.72 bits per heavy atom. The minimum Gasteiger partial charge on any atom is -0.224 e. The van der Waals surface area contributed by atoms with Crippen LogP contribution in [0, 0.1) is 18.9 Å². The summed E-state index contributed by atoms with van der Waals surface area (Å²) in [7, 11) is -3.61. The second-order valence-corrected chi connectivity index (χ2v) is 7.61. The van der Waals surface area contributed by atoms with Crippen molar-refractivity contribution in [2.75, 3.05) is 6.54 Å². The Morgan fingerprint density at radius 1 is 1.04 bits per heavy atom. The fraction of sp³-hybridized carbons (Fsp3) is 0.238. The van der Waals surface area contributed by atoms with Gasteiger partial charge in [-0.25, -0.2) is 12.7 Å². The molecule has 0 amide bonds. The number of sulfonamides is 1. The van der Waals surface area contributed by atoms with Gasteiger partial charge in [0.2, 0.25) is 0 Å². The topological polar surface area (TPSA) is 37.4 Å². The van der Waals surface area contributed by atoms with Crippen LogP contribution in [-0.2, 0) is 10.0 Å². The van der Waals surface area contributed by atoms with Gasteiger partial charge in [-0.05, 0) is 43.2 Å². The largest absolute Gasteiger partial charge is 0.270 e. The number of aryl methyl sites for hydroxylation is 1. The molecule has 0 aromatic heterocycles. The number of unbranched alkanes of at least 4 members (excludes halogenated alkanes) is 1. The smallest absolute Gasteiger partial charge is 0.224 e. The maximum absolute atomic E-state index is 12.8. The zero-order valence-electron chi connectivity index (χ0n) is 14.6. The van der Waals surface area contributed by atoms with Crippen molar-refractivity contribution >= 4 is 16.1 Å². The third kappa shape index (κ3) is 5.51. The van der Waals surface area contributed by atoms with Crippen molar-refractivity contribution in [2.45, 2.75) is 31.6 Å². The summed E-state index contributed by atoms with van der Waals surface area (Å²) in [5, 5.41) is 0. The fourth-order valence-corrected chi connectivity index (χ4v) is 3.46. The molecule has 0 aliphatic heterocycles. The molecule has 0 radical (unpaired) electrons. The van der Waals surface area contributed by atoms with Crippen LogP contribution >= 0.6 is 0 Å². The first kappa shape index (κ1) is 18.8. The van der Waals surface area contributed by atoms with Crippen LogP contribution in [0.15, 0.2) is 65.6 Å². The van der Waals surface area contributed by atoms with Crippen molar-refractivity contribution in [2.24, 2.45) is 0 Å². The lowest BCUT2D eigenvalue weighted by molar-refractivity contribution is 0.500. The summed E-state index contributed by atoms with van der Waals surface area (Å²) in [5.41, 5.74) is 2.05. The van der Waals surface area contributed by atoms with Gasteiger partial charge in [0.15, 0.2) is 0 Å². The summed E-state index contributed by atoms with van der Waals surface area (Å²) >= 11 is 0. The maximum atomic E-state index is 12.8. The Morgan fingerprint density at radius 3 is 2.36 bits per heavy atom.